The molecule has 0 aliphatic heterocycles. The number of anilines is 2. The molecule has 4 N–H and O–H groups in total. The van der Waals surface area contributed by atoms with Crippen LogP contribution in [0.2, 0.25) is 0 Å². The van der Waals surface area contributed by atoms with E-state index in [2.05, 4.69) is 25.5 Å². The summed E-state index contributed by atoms with van der Waals surface area (Å²) in [7, 11) is 1.58. The molecular weight excluding hydrogens is 208 g/mol. The summed E-state index contributed by atoms with van der Waals surface area (Å²) in [5.74, 6) is 1.34. The molecule has 16 heavy (non-hydrogen) atoms. The van der Waals surface area contributed by atoms with Crippen molar-refractivity contribution < 1.29 is 4.74 Å². The van der Waals surface area contributed by atoms with Crippen LogP contribution >= 0.6 is 0 Å². The number of methoxy groups -OCH3 is 1. The highest BCUT2D eigenvalue weighted by Gasteiger charge is 2.00. The Bertz CT molecular complexity index is 451. The van der Waals surface area contributed by atoms with Crippen molar-refractivity contribution in [1.29, 1.82) is 0 Å². The van der Waals surface area contributed by atoms with Crippen molar-refractivity contribution in [3.05, 3.63) is 23.9 Å². The van der Waals surface area contributed by atoms with E-state index in [1.54, 1.807) is 19.4 Å². The van der Waals surface area contributed by atoms with Gasteiger partial charge in [0, 0.05) is 18.8 Å². The minimum Gasteiger partial charge on any atom is -0.481 e. The van der Waals surface area contributed by atoms with Crippen LogP contribution in [-0.4, -0.2) is 27.3 Å². The predicted octanol–water partition coefficient (Wildman–Crippen LogP) is 0.403. The zero-order chi connectivity index (χ0) is 11.4. The fraction of sp³-hybridized carbons (Fsp3) is 0.222. The second-order valence-corrected chi connectivity index (χ2v) is 3.11. The van der Waals surface area contributed by atoms with Crippen LogP contribution in [0.5, 0.6) is 5.88 Å². The third-order valence-corrected chi connectivity index (χ3v) is 1.96. The molecule has 0 saturated heterocycles. The van der Waals surface area contributed by atoms with E-state index in [4.69, 9.17) is 10.5 Å². The number of nitrogen functional groups attached to an aromatic ring is 1. The van der Waals surface area contributed by atoms with E-state index in [1.807, 2.05) is 6.07 Å². The van der Waals surface area contributed by atoms with E-state index >= 15 is 0 Å². The van der Waals surface area contributed by atoms with Gasteiger partial charge in [0.2, 0.25) is 17.8 Å². The highest BCUT2D eigenvalue weighted by atomic mass is 16.5. The number of hydrogen-bond donors (Lipinski definition) is 3. The molecule has 0 aliphatic carbocycles. The summed E-state index contributed by atoms with van der Waals surface area (Å²) in [5.41, 5.74) is 6.39. The van der Waals surface area contributed by atoms with Crippen molar-refractivity contribution in [1.82, 2.24) is 20.2 Å². The number of ether oxygens (including phenoxy) is 1. The number of nitrogens with two attached hydrogens (primary N) is 1. The van der Waals surface area contributed by atoms with Gasteiger partial charge in [0.25, 0.3) is 0 Å². The van der Waals surface area contributed by atoms with E-state index in [-0.39, 0.29) is 5.95 Å². The predicted molar refractivity (Wildman–Crippen MR) is 58.9 cm³/mol. The fourth-order valence-corrected chi connectivity index (χ4v) is 1.17. The Morgan fingerprint density at radius 2 is 2.38 bits per heavy atom. The van der Waals surface area contributed by atoms with Crippen molar-refractivity contribution in [3.63, 3.8) is 0 Å². The minimum atomic E-state index is 0.287. The molecule has 0 aromatic carbocycles. The third kappa shape index (κ3) is 2.38. The molecule has 0 unspecified atom stereocenters. The number of pyridine rings is 1. The number of nitrogens with zero attached hydrogens (tertiary/aromatic N) is 3. The number of nitrogens with one attached hydrogen (secondary N) is 2. The van der Waals surface area contributed by atoms with Gasteiger partial charge in [0.15, 0.2) is 0 Å². The number of aromatic nitrogens is 4. The standard InChI is InChI=1S/C9H12N6O/c1-16-7-3-2-6(4-11-7)5-12-9-13-8(10)14-15-9/h2-4H,5H2,1H3,(H4,10,12,13,14,15). The second kappa shape index (κ2) is 4.47. The molecule has 0 atom stereocenters. The normalized spacial score (nSPS) is 10.1. The van der Waals surface area contributed by atoms with Crippen LogP contribution in [0, 0.1) is 0 Å². The third-order valence-electron chi connectivity index (χ3n) is 1.96. The van der Waals surface area contributed by atoms with Crippen LogP contribution in [0.25, 0.3) is 0 Å². The zero-order valence-corrected chi connectivity index (χ0v) is 8.77. The minimum absolute atomic E-state index is 0.287. The molecule has 2 rings (SSSR count). The van der Waals surface area contributed by atoms with Crippen LogP contribution in [0.4, 0.5) is 11.9 Å². The van der Waals surface area contributed by atoms with Crippen molar-refractivity contribution >= 4 is 11.9 Å². The van der Waals surface area contributed by atoms with Gasteiger partial charge < -0.3 is 15.8 Å². The average Bonchev–Trinajstić information content (AvgIpc) is 2.73. The average molecular weight is 220 g/mol. The second-order valence-electron chi connectivity index (χ2n) is 3.11. The quantitative estimate of drug-likeness (QED) is 0.689. The molecule has 2 aromatic rings. The Morgan fingerprint density at radius 3 is 2.94 bits per heavy atom. The summed E-state index contributed by atoms with van der Waals surface area (Å²) < 4.78 is 4.96. The van der Waals surface area contributed by atoms with Gasteiger partial charge in [-0.2, -0.15) is 4.98 Å². The Morgan fingerprint density at radius 1 is 1.50 bits per heavy atom. The number of rotatable bonds is 4. The lowest BCUT2D eigenvalue weighted by atomic mass is 10.3. The molecule has 0 aliphatic rings. The lowest BCUT2D eigenvalue weighted by molar-refractivity contribution is 0.397. The molecule has 84 valence electrons. The summed E-state index contributed by atoms with van der Waals surface area (Å²) >= 11 is 0. The first-order valence-corrected chi connectivity index (χ1v) is 4.68. The maximum atomic E-state index is 5.39. The van der Waals surface area contributed by atoms with Crippen LogP contribution < -0.4 is 15.8 Å². The van der Waals surface area contributed by atoms with Gasteiger partial charge in [-0.3, -0.25) is 0 Å². The fourth-order valence-electron chi connectivity index (χ4n) is 1.17. The largest absolute Gasteiger partial charge is 0.481 e. The number of H-pyrrole nitrogens is 1. The molecule has 0 amide bonds. The Balaban J connectivity index is 1.94. The van der Waals surface area contributed by atoms with Crippen molar-refractivity contribution in [2.24, 2.45) is 0 Å². The number of hydrogen-bond acceptors (Lipinski definition) is 6. The topological polar surface area (TPSA) is 102 Å². The lowest BCUT2D eigenvalue weighted by Crippen LogP contribution is -2.01. The summed E-state index contributed by atoms with van der Waals surface area (Å²) in [6, 6.07) is 3.71. The van der Waals surface area contributed by atoms with Gasteiger partial charge in [-0.25, -0.2) is 10.1 Å². The molecule has 7 heteroatoms. The molecule has 0 saturated carbocycles. The summed E-state index contributed by atoms with van der Waals surface area (Å²) in [6.45, 7) is 0.578. The Kier molecular flexibility index (Phi) is 2.86. The lowest BCUT2D eigenvalue weighted by Gasteiger charge is -2.02. The van der Waals surface area contributed by atoms with Crippen LogP contribution in [0.1, 0.15) is 5.56 Å². The van der Waals surface area contributed by atoms with Crippen LogP contribution in [-0.2, 0) is 6.54 Å². The highest BCUT2D eigenvalue weighted by Crippen LogP contribution is 2.08. The molecule has 2 heterocycles. The highest BCUT2D eigenvalue weighted by molar-refractivity contribution is 5.31. The molecule has 0 spiro atoms. The monoisotopic (exact) mass is 220 g/mol. The SMILES string of the molecule is COc1ccc(CNc2n[nH]c(N)n2)cn1. The van der Waals surface area contributed by atoms with E-state index in [0.717, 1.165) is 5.56 Å². The summed E-state index contributed by atoms with van der Waals surface area (Å²) in [4.78, 5) is 7.99. The Labute approximate surface area is 92.1 Å². The van der Waals surface area contributed by atoms with E-state index in [1.165, 1.54) is 0 Å². The molecule has 2 aromatic heterocycles. The Hall–Kier alpha value is -2.31. The van der Waals surface area contributed by atoms with E-state index in [9.17, 15) is 0 Å². The first-order valence-electron chi connectivity index (χ1n) is 4.68. The van der Waals surface area contributed by atoms with Gasteiger partial charge in [-0.05, 0) is 5.56 Å². The van der Waals surface area contributed by atoms with E-state index < -0.39 is 0 Å². The maximum Gasteiger partial charge on any atom is 0.243 e. The van der Waals surface area contributed by atoms with Gasteiger partial charge in [-0.1, -0.05) is 6.07 Å². The molecule has 0 bridgehead atoms. The van der Waals surface area contributed by atoms with Gasteiger partial charge in [0.05, 0.1) is 7.11 Å². The van der Waals surface area contributed by atoms with Gasteiger partial charge in [-0.15, -0.1) is 5.10 Å². The zero-order valence-electron chi connectivity index (χ0n) is 8.77. The van der Waals surface area contributed by atoms with Gasteiger partial charge in [0.1, 0.15) is 0 Å². The van der Waals surface area contributed by atoms with Gasteiger partial charge >= 0.3 is 0 Å². The molecule has 7 nitrogen and oxygen atoms in total. The molecule has 0 fully saturated rings. The molecular formula is C9H12N6O. The van der Waals surface area contributed by atoms with Crippen LogP contribution in [0.3, 0.4) is 0 Å². The van der Waals surface area contributed by atoms with Crippen molar-refractivity contribution in [2.45, 2.75) is 6.54 Å². The smallest absolute Gasteiger partial charge is 0.243 e. The summed E-state index contributed by atoms with van der Waals surface area (Å²) in [5, 5.41) is 9.39. The van der Waals surface area contributed by atoms with Crippen LogP contribution in [0.15, 0.2) is 18.3 Å². The van der Waals surface area contributed by atoms with E-state index in [0.29, 0.717) is 18.4 Å². The van der Waals surface area contributed by atoms with Crippen molar-refractivity contribution in [3.8, 4) is 5.88 Å². The molecule has 0 radical (unpaired) electrons. The maximum absolute atomic E-state index is 5.39. The first kappa shape index (κ1) is 10.2. The number of aromatic amines is 1. The van der Waals surface area contributed by atoms with Crippen molar-refractivity contribution in [2.75, 3.05) is 18.2 Å². The first-order chi connectivity index (χ1) is 7.78. The summed E-state index contributed by atoms with van der Waals surface area (Å²) in [6.07, 6.45) is 1.72.